The van der Waals surface area contributed by atoms with Gasteiger partial charge >= 0.3 is 5.97 Å². The smallest absolute Gasteiger partial charge is 0.363 e. The molecule has 7 heteroatoms. The van der Waals surface area contributed by atoms with Crippen molar-refractivity contribution in [3.8, 4) is 17.2 Å². The summed E-state index contributed by atoms with van der Waals surface area (Å²) in [4.78, 5) is 16.5. The highest BCUT2D eigenvalue weighted by molar-refractivity contribution is 9.10. The summed E-state index contributed by atoms with van der Waals surface area (Å²) < 4.78 is 22.0. The standard InChI is InChI=1S/C19H16BrNO5/c1-23-15-7-5-13(20)8-12(15)9-14-19(22)26-18(21-14)11-4-6-16(24-2)17(10-11)25-3/h4-10H,1-3H3. The molecule has 134 valence electrons. The van der Waals surface area contributed by atoms with Gasteiger partial charge in [-0.3, -0.25) is 0 Å². The lowest BCUT2D eigenvalue weighted by atomic mass is 10.1. The first kappa shape index (κ1) is 18.0. The van der Waals surface area contributed by atoms with E-state index in [1.165, 1.54) is 7.11 Å². The molecule has 0 aliphatic carbocycles. The number of hydrogen-bond donors (Lipinski definition) is 0. The number of halogens is 1. The fraction of sp³-hybridized carbons (Fsp3) is 0.158. The summed E-state index contributed by atoms with van der Waals surface area (Å²) in [5.41, 5.74) is 1.51. The van der Waals surface area contributed by atoms with Crippen molar-refractivity contribution in [1.82, 2.24) is 0 Å². The summed E-state index contributed by atoms with van der Waals surface area (Å²) in [6.45, 7) is 0. The van der Waals surface area contributed by atoms with Crippen LogP contribution in [0.5, 0.6) is 17.2 Å². The zero-order valence-electron chi connectivity index (χ0n) is 14.4. The molecule has 0 unspecified atom stereocenters. The first-order chi connectivity index (χ1) is 12.5. The quantitative estimate of drug-likeness (QED) is 0.546. The molecule has 0 radical (unpaired) electrons. The highest BCUT2D eigenvalue weighted by atomic mass is 79.9. The number of rotatable bonds is 5. The van der Waals surface area contributed by atoms with Crippen LogP contribution in [0.4, 0.5) is 0 Å². The number of benzene rings is 2. The Balaban J connectivity index is 1.98. The third-order valence-electron chi connectivity index (χ3n) is 3.73. The Morgan fingerprint density at radius 1 is 0.962 bits per heavy atom. The summed E-state index contributed by atoms with van der Waals surface area (Å²) >= 11 is 3.41. The maximum Gasteiger partial charge on any atom is 0.363 e. The van der Waals surface area contributed by atoms with Crippen LogP contribution in [0.2, 0.25) is 0 Å². The van der Waals surface area contributed by atoms with Crippen LogP contribution in [-0.2, 0) is 9.53 Å². The van der Waals surface area contributed by atoms with Crippen molar-refractivity contribution in [2.45, 2.75) is 0 Å². The lowest BCUT2D eigenvalue weighted by Gasteiger charge is -2.08. The van der Waals surface area contributed by atoms with Crippen LogP contribution in [0, 0.1) is 0 Å². The minimum atomic E-state index is -0.531. The molecule has 1 aliphatic rings. The van der Waals surface area contributed by atoms with Crippen molar-refractivity contribution in [1.29, 1.82) is 0 Å². The molecule has 1 heterocycles. The predicted molar refractivity (Wildman–Crippen MR) is 101 cm³/mol. The zero-order valence-corrected chi connectivity index (χ0v) is 16.0. The van der Waals surface area contributed by atoms with Crippen LogP contribution in [-0.4, -0.2) is 33.2 Å². The van der Waals surface area contributed by atoms with Crippen LogP contribution in [0.15, 0.2) is 51.6 Å². The highest BCUT2D eigenvalue weighted by Crippen LogP contribution is 2.30. The number of methoxy groups -OCH3 is 3. The summed E-state index contributed by atoms with van der Waals surface area (Å²) in [6.07, 6.45) is 1.62. The zero-order chi connectivity index (χ0) is 18.7. The molecule has 0 spiro atoms. The largest absolute Gasteiger partial charge is 0.496 e. The lowest BCUT2D eigenvalue weighted by Crippen LogP contribution is -2.06. The van der Waals surface area contributed by atoms with E-state index in [0.29, 0.717) is 28.4 Å². The summed E-state index contributed by atoms with van der Waals surface area (Å²) in [5.74, 6) is 1.40. The average Bonchev–Trinajstić information content (AvgIpc) is 3.02. The highest BCUT2D eigenvalue weighted by Gasteiger charge is 2.25. The lowest BCUT2D eigenvalue weighted by molar-refractivity contribution is -0.129. The monoisotopic (exact) mass is 417 g/mol. The van der Waals surface area contributed by atoms with Gasteiger partial charge in [0.05, 0.1) is 21.3 Å². The number of esters is 1. The Bertz CT molecular complexity index is 920. The second kappa shape index (κ2) is 7.61. The van der Waals surface area contributed by atoms with Crippen LogP contribution < -0.4 is 14.2 Å². The normalized spacial score (nSPS) is 14.8. The van der Waals surface area contributed by atoms with Gasteiger partial charge in [0.25, 0.3) is 0 Å². The van der Waals surface area contributed by atoms with Crippen molar-refractivity contribution in [2.24, 2.45) is 4.99 Å². The van der Waals surface area contributed by atoms with Gasteiger partial charge in [-0.05, 0) is 42.5 Å². The average molecular weight is 418 g/mol. The third-order valence-corrected chi connectivity index (χ3v) is 4.23. The van der Waals surface area contributed by atoms with Crippen molar-refractivity contribution in [3.63, 3.8) is 0 Å². The molecule has 0 fully saturated rings. The van der Waals surface area contributed by atoms with Gasteiger partial charge in [0, 0.05) is 15.6 Å². The van der Waals surface area contributed by atoms with Crippen molar-refractivity contribution < 1.29 is 23.7 Å². The number of carbonyl (C=O) groups excluding carboxylic acids is 1. The van der Waals surface area contributed by atoms with Gasteiger partial charge in [-0.25, -0.2) is 9.79 Å². The van der Waals surface area contributed by atoms with Crippen LogP contribution in [0.1, 0.15) is 11.1 Å². The van der Waals surface area contributed by atoms with Crippen molar-refractivity contribution >= 4 is 33.9 Å². The molecular weight excluding hydrogens is 402 g/mol. The first-order valence-corrected chi connectivity index (χ1v) is 8.43. The van der Waals surface area contributed by atoms with E-state index in [2.05, 4.69) is 20.9 Å². The number of carbonyl (C=O) groups is 1. The first-order valence-electron chi connectivity index (χ1n) is 7.64. The third kappa shape index (κ3) is 3.57. The van der Waals surface area contributed by atoms with Gasteiger partial charge < -0.3 is 18.9 Å². The Labute approximate surface area is 159 Å². The number of cyclic esters (lactones) is 1. The molecule has 0 N–H and O–H groups in total. The Morgan fingerprint density at radius 3 is 2.35 bits per heavy atom. The van der Waals surface area contributed by atoms with E-state index in [9.17, 15) is 4.79 Å². The van der Waals surface area contributed by atoms with Gasteiger partial charge in [-0.15, -0.1) is 0 Å². The molecule has 0 bridgehead atoms. The maximum atomic E-state index is 12.2. The molecule has 2 aromatic carbocycles. The van der Waals surface area contributed by atoms with Gasteiger partial charge in [0.15, 0.2) is 17.2 Å². The van der Waals surface area contributed by atoms with E-state index in [1.54, 1.807) is 44.6 Å². The molecule has 1 aliphatic heterocycles. The van der Waals surface area contributed by atoms with E-state index in [4.69, 9.17) is 18.9 Å². The van der Waals surface area contributed by atoms with Crippen molar-refractivity contribution in [2.75, 3.05) is 21.3 Å². The molecule has 0 amide bonds. The van der Waals surface area contributed by atoms with Gasteiger partial charge in [0.2, 0.25) is 5.90 Å². The Morgan fingerprint density at radius 2 is 1.65 bits per heavy atom. The molecule has 0 saturated carbocycles. The minimum Gasteiger partial charge on any atom is -0.496 e. The summed E-state index contributed by atoms with van der Waals surface area (Å²) in [5, 5.41) is 0. The predicted octanol–water partition coefficient (Wildman–Crippen LogP) is 3.82. The van der Waals surface area contributed by atoms with E-state index < -0.39 is 5.97 Å². The molecular formula is C19H16BrNO5. The van der Waals surface area contributed by atoms with Gasteiger partial charge in [-0.2, -0.15) is 0 Å². The van der Waals surface area contributed by atoms with Gasteiger partial charge in [0.1, 0.15) is 5.75 Å². The molecule has 0 atom stereocenters. The van der Waals surface area contributed by atoms with E-state index >= 15 is 0 Å². The Hall–Kier alpha value is -2.80. The SMILES string of the molecule is COc1ccc(Br)cc1C=C1N=C(c2ccc(OC)c(OC)c2)OC1=O. The number of ether oxygens (including phenoxy) is 4. The van der Waals surface area contributed by atoms with Crippen LogP contribution >= 0.6 is 15.9 Å². The van der Waals surface area contributed by atoms with E-state index in [0.717, 1.165) is 4.47 Å². The topological polar surface area (TPSA) is 66.3 Å². The second-order valence-electron chi connectivity index (χ2n) is 5.29. The molecule has 0 aromatic heterocycles. The second-order valence-corrected chi connectivity index (χ2v) is 6.21. The van der Waals surface area contributed by atoms with E-state index in [-0.39, 0.29) is 11.6 Å². The number of aliphatic imine (C=N–C) groups is 1. The molecule has 6 nitrogen and oxygen atoms in total. The van der Waals surface area contributed by atoms with Crippen LogP contribution in [0.25, 0.3) is 6.08 Å². The molecule has 26 heavy (non-hydrogen) atoms. The minimum absolute atomic E-state index is 0.186. The maximum absolute atomic E-state index is 12.2. The summed E-state index contributed by atoms with van der Waals surface area (Å²) in [7, 11) is 4.66. The molecule has 2 aromatic rings. The number of hydrogen-bond acceptors (Lipinski definition) is 6. The van der Waals surface area contributed by atoms with Crippen molar-refractivity contribution in [3.05, 3.63) is 57.7 Å². The van der Waals surface area contributed by atoms with Crippen LogP contribution in [0.3, 0.4) is 0 Å². The molecule has 3 rings (SSSR count). The fourth-order valence-electron chi connectivity index (χ4n) is 2.47. The van der Waals surface area contributed by atoms with Gasteiger partial charge in [-0.1, -0.05) is 15.9 Å². The summed E-state index contributed by atoms with van der Waals surface area (Å²) in [6, 6.07) is 10.7. The fourth-order valence-corrected chi connectivity index (χ4v) is 2.85. The van der Waals surface area contributed by atoms with E-state index in [1.807, 2.05) is 12.1 Å². The Kier molecular flexibility index (Phi) is 5.27. The molecule has 0 saturated heterocycles. The number of nitrogens with zero attached hydrogens (tertiary/aromatic N) is 1.